The zero-order chi connectivity index (χ0) is 13.4. The van der Waals surface area contributed by atoms with Crippen LogP contribution in [0.4, 0.5) is 0 Å². The molecule has 0 bridgehead atoms. The second-order valence-corrected chi connectivity index (χ2v) is 4.75. The van der Waals surface area contributed by atoms with Crippen LogP contribution in [0.3, 0.4) is 0 Å². The van der Waals surface area contributed by atoms with Gasteiger partial charge >= 0.3 is 0 Å². The average Bonchev–Trinajstić information content (AvgIpc) is 2.39. The Morgan fingerprint density at radius 3 is 2.44 bits per heavy atom. The first-order chi connectivity index (χ1) is 8.65. The first kappa shape index (κ1) is 14.9. The van der Waals surface area contributed by atoms with Gasteiger partial charge in [-0.25, -0.2) is 0 Å². The number of carbonyl (C=O) groups excluding carboxylic acids is 1. The van der Waals surface area contributed by atoms with Gasteiger partial charge in [-0.3, -0.25) is 4.79 Å². The van der Waals surface area contributed by atoms with Crippen molar-refractivity contribution in [2.45, 2.75) is 32.7 Å². The van der Waals surface area contributed by atoms with E-state index in [-0.39, 0.29) is 12.4 Å². The van der Waals surface area contributed by atoms with Crippen LogP contribution < -0.4 is 0 Å². The van der Waals surface area contributed by atoms with E-state index >= 15 is 0 Å². The summed E-state index contributed by atoms with van der Waals surface area (Å²) in [7, 11) is 0. The van der Waals surface area contributed by atoms with Gasteiger partial charge in [0.2, 0.25) is 0 Å². The normalized spacial score (nSPS) is 11.2. The number of aliphatic hydroxyl groups is 1. The highest BCUT2D eigenvalue weighted by molar-refractivity contribution is 5.96. The van der Waals surface area contributed by atoms with Crippen molar-refractivity contribution in [3.63, 3.8) is 0 Å². The van der Waals surface area contributed by atoms with Crippen molar-refractivity contribution in [2.75, 3.05) is 19.7 Å². The van der Waals surface area contributed by atoms with Gasteiger partial charge in [-0.1, -0.05) is 30.3 Å². The minimum absolute atomic E-state index is 0.185. The zero-order valence-electron chi connectivity index (χ0n) is 11.3. The maximum absolute atomic E-state index is 12.0. The Balaban J connectivity index is 2.44. The van der Waals surface area contributed by atoms with E-state index in [0.29, 0.717) is 12.5 Å². The Bertz CT molecular complexity index is 349. The summed E-state index contributed by atoms with van der Waals surface area (Å²) in [6, 6.07) is 9.81. The summed E-state index contributed by atoms with van der Waals surface area (Å²) in [5.74, 6) is 0.185. The van der Waals surface area contributed by atoms with Crippen LogP contribution in [-0.2, 0) is 0 Å². The molecule has 0 aromatic heterocycles. The summed E-state index contributed by atoms with van der Waals surface area (Å²) in [4.78, 5) is 14.2. The lowest BCUT2D eigenvalue weighted by Gasteiger charge is -2.25. The van der Waals surface area contributed by atoms with E-state index in [1.165, 1.54) is 0 Å². The first-order valence-electron chi connectivity index (χ1n) is 6.58. The zero-order valence-corrected chi connectivity index (χ0v) is 11.3. The molecule has 0 amide bonds. The number of benzene rings is 1. The maximum atomic E-state index is 12.0. The molecule has 0 aliphatic rings. The molecule has 1 N–H and O–H groups in total. The molecule has 0 radical (unpaired) electrons. The topological polar surface area (TPSA) is 40.5 Å². The number of nitrogens with zero attached hydrogens (tertiary/aromatic N) is 1. The standard InChI is InChI=1S/C15H23NO2/c1-13(2)16(10-6-12-17)11-9-15(18)14-7-4-3-5-8-14/h3-5,7-8,13,17H,6,9-12H2,1-2H3. The Labute approximate surface area is 109 Å². The number of hydrogen-bond acceptors (Lipinski definition) is 3. The van der Waals surface area contributed by atoms with Crippen LogP contribution in [0.25, 0.3) is 0 Å². The van der Waals surface area contributed by atoms with Crippen LogP contribution in [0.2, 0.25) is 0 Å². The molecule has 0 fully saturated rings. The molecule has 0 unspecified atom stereocenters. The van der Waals surface area contributed by atoms with Gasteiger partial charge in [0, 0.05) is 37.7 Å². The number of aliphatic hydroxyl groups excluding tert-OH is 1. The highest BCUT2D eigenvalue weighted by atomic mass is 16.3. The molecule has 3 nitrogen and oxygen atoms in total. The highest BCUT2D eigenvalue weighted by Crippen LogP contribution is 2.06. The first-order valence-corrected chi connectivity index (χ1v) is 6.58. The van der Waals surface area contributed by atoms with Crippen molar-refractivity contribution in [3.8, 4) is 0 Å². The summed E-state index contributed by atoms with van der Waals surface area (Å²) in [5.41, 5.74) is 0.781. The lowest BCUT2D eigenvalue weighted by atomic mass is 10.1. The lowest BCUT2D eigenvalue weighted by Crippen LogP contribution is -2.34. The molecule has 0 spiro atoms. The summed E-state index contributed by atoms with van der Waals surface area (Å²) in [5, 5.41) is 8.86. The Morgan fingerprint density at radius 1 is 1.22 bits per heavy atom. The summed E-state index contributed by atoms with van der Waals surface area (Å²) in [6.07, 6.45) is 1.30. The third-order valence-electron chi connectivity index (χ3n) is 3.06. The molecule has 1 rings (SSSR count). The molecule has 0 saturated carbocycles. The largest absolute Gasteiger partial charge is 0.396 e. The molecule has 1 aromatic carbocycles. The van der Waals surface area contributed by atoms with Crippen LogP contribution in [0.15, 0.2) is 30.3 Å². The molecule has 100 valence electrons. The van der Waals surface area contributed by atoms with Gasteiger partial charge in [0.1, 0.15) is 0 Å². The van der Waals surface area contributed by atoms with E-state index in [4.69, 9.17) is 5.11 Å². The second kappa shape index (κ2) is 8.01. The molecule has 1 aromatic rings. The van der Waals surface area contributed by atoms with Gasteiger partial charge in [0.05, 0.1) is 0 Å². The molecule has 0 heterocycles. The number of rotatable bonds is 8. The van der Waals surface area contributed by atoms with E-state index in [2.05, 4.69) is 18.7 Å². The predicted octanol–water partition coefficient (Wildman–Crippen LogP) is 2.35. The van der Waals surface area contributed by atoms with Crippen molar-refractivity contribution in [2.24, 2.45) is 0 Å². The van der Waals surface area contributed by atoms with Gasteiger partial charge in [0.15, 0.2) is 5.78 Å². The number of ketones is 1. The third kappa shape index (κ3) is 4.98. The molecule has 18 heavy (non-hydrogen) atoms. The van der Waals surface area contributed by atoms with E-state index < -0.39 is 0 Å². The van der Waals surface area contributed by atoms with Gasteiger partial charge in [0.25, 0.3) is 0 Å². The number of carbonyl (C=O) groups is 1. The Hall–Kier alpha value is -1.19. The smallest absolute Gasteiger partial charge is 0.164 e. The molecular weight excluding hydrogens is 226 g/mol. The molecule has 0 aliphatic carbocycles. The van der Waals surface area contributed by atoms with Crippen molar-refractivity contribution < 1.29 is 9.90 Å². The summed E-state index contributed by atoms with van der Waals surface area (Å²) < 4.78 is 0. The average molecular weight is 249 g/mol. The molecule has 0 saturated heterocycles. The SMILES string of the molecule is CC(C)N(CCCO)CCC(=O)c1ccccc1. The minimum atomic E-state index is 0.185. The van der Waals surface area contributed by atoms with Crippen LogP contribution in [0.5, 0.6) is 0 Å². The highest BCUT2D eigenvalue weighted by Gasteiger charge is 2.12. The van der Waals surface area contributed by atoms with Gasteiger partial charge in [-0.2, -0.15) is 0 Å². The van der Waals surface area contributed by atoms with E-state index in [1.807, 2.05) is 30.3 Å². The minimum Gasteiger partial charge on any atom is -0.396 e. The van der Waals surface area contributed by atoms with Crippen molar-refractivity contribution in [1.82, 2.24) is 4.90 Å². The van der Waals surface area contributed by atoms with Crippen LogP contribution in [-0.4, -0.2) is 41.5 Å². The van der Waals surface area contributed by atoms with Gasteiger partial charge < -0.3 is 10.0 Å². The second-order valence-electron chi connectivity index (χ2n) is 4.75. The van der Waals surface area contributed by atoms with Crippen LogP contribution >= 0.6 is 0 Å². The fraction of sp³-hybridized carbons (Fsp3) is 0.533. The molecular formula is C15H23NO2. The number of hydrogen-bond donors (Lipinski definition) is 1. The van der Waals surface area contributed by atoms with E-state index in [0.717, 1.165) is 25.1 Å². The van der Waals surface area contributed by atoms with Crippen molar-refractivity contribution in [3.05, 3.63) is 35.9 Å². The monoisotopic (exact) mass is 249 g/mol. The van der Waals surface area contributed by atoms with Crippen LogP contribution in [0, 0.1) is 0 Å². The summed E-state index contributed by atoms with van der Waals surface area (Å²) >= 11 is 0. The molecule has 0 aliphatic heterocycles. The summed E-state index contributed by atoms with van der Waals surface area (Å²) in [6.45, 7) is 6.03. The van der Waals surface area contributed by atoms with Gasteiger partial charge in [-0.05, 0) is 20.3 Å². The van der Waals surface area contributed by atoms with Crippen molar-refractivity contribution >= 4 is 5.78 Å². The van der Waals surface area contributed by atoms with Gasteiger partial charge in [-0.15, -0.1) is 0 Å². The Morgan fingerprint density at radius 2 is 1.89 bits per heavy atom. The molecule has 0 atom stereocenters. The lowest BCUT2D eigenvalue weighted by molar-refractivity contribution is 0.0953. The fourth-order valence-corrected chi connectivity index (χ4v) is 1.92. The van der Waals surface area contributed by atoms with Crippen molar-refractivity contribution in [1.29, 1.82) is 0 Å². The van der Waals surface area contributed by atoms with E-state index in [1.54, 1.807) is 0 Å². The third-order valence-corrected chi connectivity index (χ3v) is 3.06. The maximum Gasteiger partial charge on any atom is 0.164 e. The molecule has 3 heteroatoms. The quantitative estimate of drug-likeness (QED) is 0.719. The Kier molecular flexibility index (Phi) is 6.61. The predicted molar refractivity (Wildman–Crippen MR) is 73.8 cm³/mol. The van der Waals surface area contributed by atoms with E-state index in [9.17, 15) is 4.79 Å². The number of Topliss-reactive ketones (excluding diaryl/α,β-unsaturated/α-hetero) is 1. The van der Waals surface area contributed by atoms with Crippen LogP contribution in [0.1, 0.15) is 37.0 Å². The fourth-order valence-electron chi connectivity index (χ4n) is 1.92.